The number of benzene rings is 1. The summed E-state index contributed by atoms with van der Waals surface area (Å²) in [7, 11) is 0. The van der Waals surface area contributed by atoms with Crippen molar-refractivity contribution in [1.82, 2.24) is 0 Å². The highest BCUT2D eigenvalue weighted by atomic mass is 79.9. The van der Waals surface area contributed by atoms with Crippen LogP contribution in [0.4, 0.5) is 0 Å². The number of halogens is 1. The summed E-state index contributed by atoms with van der Waals surface area (Å²) in [6.45, 7) is 0. The molecule has 1 aromatic carbocycles. The van der Waals surface area contributed by atoms with Gasteiger partial charge in [0.25, 0.3) is 0 Å². The van der Waals surface area contributed by atoms with E-state index in [4.69, 9.17) is 9.84 Å². The predicted molar refractivity (Wildman–Crippen MR) is 54.8 cm³/mol. The third-order valence-electron chi connectivity index (χ3n) is 2.01. The lowest BCUT2D eigenvalue weighted by molar-refractivity contribution is 0.0691. The number of carboxylic acid groups (broad SMARTS) is 1. The fraction of sp³-hybridized carbons (Fsp3) is 0.300. The molecule has 0 unspecified atom stereocenters. The monoisotopic (exact) mass is 256 g/mol. The first-order valence-corrected chi connectivity index (χ1v) is 5.16. The summed E-state index contributed by atoms with van der Waals surface area (Å²) in [6.07, 6.45) is 2.23. The zero-order chi connectivity index (χ0) is 10.1. The molecule has 0 spiro atoms. The topological polar surface area (TPSA) is 46.5 Å². The van der Waals surface area contributed by atoms with Gasteiger partial charge in [-0.1, -0.05) is 6.07 Å². The van der Waals surface area contributed by atoms with Crippen molar-refractivity contribution in [2.24, 2.45) is 0 Å². The van der Waals surface area contributed by atoms with Gasteiger partial charge in [-0.3, -0.25) is 0 Å². The average molecular weight is 257 g/mol. The normalized spacial score (nSPS) is 15.2. The summed E-state index contributed by atoms with van der Waals surface area (Å²) < 4.78 is 6.22. The number of aromatic carboxylic acids is 1. The minimum atomic E-state index is -0.957. The molecule has 1 N–H and O–H groups in total. The SMILES string of the molecule is O=C(O)c1cccc(Br)c1OC1CC1. The molecule has 0 saturated heterocycles. The number of carbonyl (C=O) groups is 1. The van der Waals surface area contributed by atoms with Crippen LogP contribution in [0.25, 0.3) is 0 Å². The smallest absolute Gasteiger partial charge is 0.339 e. The quantitative estimate of drug-likeness (QED) is 0.905. The molecule has 0 aromatic heterocycles. The van der Waals surface area contributed by atoms with E-state index in [-0.39, 0.29) is 11.7 Å². The Bertz CT molecular complexity index is 372. The van der Waals surface area contributed by atoms with Gasteiger partial charge in [-0.05, 0) is 40.9 Å². The average Bonchev–Trinajstić information content (AvgIpc) is 2.91. The van der Waals surface area contributed by atoms with Gasteiger partial charge in [0.15, 0.2) is 0 Å². The Labute approximate surface area is 89.8 Å². The van der Waals surface area contributed by atoms with E-state index in [0.717, 1.165) is 12.8 Å². The number of carboxylic acids is 1. The van der Waals surface area contributed by atoms with E-state index in [2.05, 4.69) is 15.9 Å². The lowest BCUT2D eigenvalue weighted by Gasteiger charge is -2.09. The van der Waals surface area contributed by atoms with Gasteiger partial charge < -0.3 is 9.84 Å². The molecule has 4 heteroatoms. The lowest BCUT2D eigenvalue weighted by Crippen LogP contribution is -2.05. The molecule has 1 fully saturated rings. The van der Waals surface area contributed by atoms with Crippen LogP contribution in [0.1, 0.15) is 23.2 Å². The largest absolute Gasteiger partial charge is 0.488 e. The molecule has 0 atom stereocenters. The Morgan fingerprint density at radius 1 is 1.50 bits per heavy atom. The van der Waals surface area contributed by atoms with Crippen molar-refractivity contribution in [3.63, 3.8) is 0 Å². The van der Waals surface area contributed by atoms with Crippen molar-refractivity contribution >= 4 is 21.9 Å². The molecule has 1 aliphatic rings. The standard InChI is InChI=1S/C10H9BrO3/c11-8-3-1-2-7(10(12)13)9(8)14-6-4-5-6/h1-3,6H,4-5H2,(H,12,13). The molecule has 0 aliphatic heterocycles. The fourth-order valence-corrected chi connectivity index (χ4v) is 1.61. The van der Waals surface area contributed by atoms with Gasteiger partial charge in [0.2, 0.25) is 0 Å². The van der Waals surface area contributed by atoms with Crippen LogP contribution in [0.5, 0.6) is 5.75 Å². The first-order valence-electron chi connectivity index (χ1n) is 4.37. The molecule has 0 amide bonds. The van der Waals surface area contributed by atoms with Crippen LogP contribution >= 0.6 is 15.9 Å². The van der Waals surface area contributed by atoms with Crippen LogP contribution in [-0.4, -0.2) is 17.2 Å². The van der Waals surface area contributed by atoms with Crippen LogP contribution in [0.2, 0.25) is 0 Å². The summed E-state index contributed by atoms with van der Waals surface area (Å²) in [5.74, 6) is -0.510. The summed E-state index contributed by atoms with van der Waals surface area (Å²) in [5.41, 5.74) is 0.214. The van der Waals surface area contributed by atoms with E-state index in [1.165, 1.54) is 0 Å². The maximum Gasteiger partial charge on any atom is 0.339 e. The van der Waals surface area contributed by atoms with Crippen molar-refractivity contribution in [1.29, 1.82) is 0 Å². The van der Waals surface area contributed by atoms with E-state index in [0.29, 0.717) is 10.2 Å². The van der Waals surface area contributed by atoms with Crippen molar-refractivity contribution in [2.45, 2.75) is 18.9 Å². The molecule has 0 heterocycles. The zero-order valence-corrected chi connectivity index (χ0v) is 8.95. The number of hydrogen-bond donors (Lipinski definition) is 1. The second-order valence-electron chi connectivity index (χ2n) is 3.24. The molecule has 74 valence electrons. The van der Waals surface area contributed by atoms with Crippen molar-refractivity contribution in [3.05, 3.63) is 28.2 Å². The number of para-hydroxylation sites is 1. The Morgan fingerprint density at radius 3 is 2.79 bits per heavy atom. The molecule has 2 rings (SSSR count). The van der Waals surface area contributed by atoms with Gasteiger partial charge in [0, 0.05) is 0 Å². The minimum absolute atomic E-state index is 0.201. The summed E-state index contributed by atoms with van der Waals surface area (Å²) in [5, 5.41) is 8.92. The highest BCUT2D eigenvalue weighted by Gasteiger charge is 2.26. The van der Waals surface area contributed by atoms with Gasteiger partial charge in [0.1, 0.15) is 11.3 Å². The molecular weight excluding hydrogens is 248 g/mol. The van der Waals surface area contributed by atoms with E-state index >= 15 is 0 Å². The predicted octanol–water partition coefficient (Wildman–Crippen LogP) is 2.69. The fourth-order valence-electron chi connectivity index (χ4n) is 1.15. The van der Waals surface area contributed by atoms with Gasteiger partial charge in [-0.2, -0.15) is 0 Å². The summed E-state index contributed by atoms with van der Waals surface area (Å²) in [4.78, 5) is 10.9. The van der Waals surface area contributed by atoms with Crippen LogP contribution in [0.3, 0.4) is 0 Å². The summed E-state index contributed by atoms with van der Waals surface area (Å²) >= 11 is 3.28. The molecule has 1 aromatic rings. The van der Waals surface area contributed by atoms with Gasteiger partial charge in [0.05, 0.1) is 10.6 Å². The van der Waals surface area contributed by atoms with Gasteiger partial charge in [-0.25, -0.2) is 4.79 Å². The highest BCUT2D eigenvalue weighted by molar-refractivity contribution is 9.10. The summed E-state index contributed by atoms with van der Waals surface area (Å²) in [6, 6.07) is 5.02. The zero-order valence-electron chi connectivity index (χ0n) is 7.37. The van der Waals surface area contributed by atoms with Crippen LogP contribution in [-0.2, 0) is 0 Å². The third kappa shape index (κ3) is 1.90. The van der Waals surface area contributed by atoms with Crippen molar-refractivity contribution in [2.75, 3.05) is 0 Å². The Kier molecular flexibility index (Phi) is 2.46. The Hall–Kier alpha value is -1.03. The highest BCUT2D eigenvalue weighted by Crippen LogP contribution is 2.34. The number of rotatable bonds is 3. The molecule has 1 saturated carbocycles. The first kappa shape index (κ1) is 9.52. The maximum absolute atomic E-state index is 10.9. The molecular formula is C10H9BrO3. The van der Waals surface area contributed by atoms with Crippen LogP contribution < -0.4 is 4.74 Å². The molecule has 1 aliphatic carbocycles. The van der Waals surface area contributed by atoms with Gasteiger partial charge in [-0.15, -0.1) is 0 Å². The molecule has 14 heavy (non-hydrogen) atoms. The Morgan fingerprint density at radius 2 is 2.21 bits per heavy atom. The number of hydrogen-bond acceptors (Lipinski definition) is 2. The lowest BCUT2D eigenvalue weighted by atomic mass is 10.2. The van der Waals surface area contributed by atoms with Crippen molar-refractivity contribution in [3.8, 4) is 5.75 Å². The molecule has 0 bridgehead atoms. The minimum Gasteiger partial charge on any atom is -0.488 e. The first-order chi connectivity index (χ1) is 6.68. The third-order valence-corrected chi connectivity index (χ3v) is 2.63. The van der Waals surface area contributed by atoms with E-state index in [1.807, 2.05) is 0 Å². The number of ether oxygens (including phenoxy) is 1. The van der Waals surface area contributed by atoms with Crippen LogP contribution in [0.15, 0.2) is 22.7 Å². The van der Waals surface area contributed by atoms with E-state index in [1.54, 1.807) is 18.2 Å². The second kappa shape index (κ2) is 3.61. The van der Waals surface area contributed by atoms with E-state index in [9.17, 15) is 4.79 Å². The van der Waals surface area contributed by atoms with Crippen molar-refractivity contribution < 1.29 is 14.6 Å². The molecule has 0 radical (unpaired) electrons. The van der Waals surface area contributed by atoms with Crippen LogP contribution in [0, 0.1) is 0 Å². The maximum atomic E-state index is 10.9. The second-order valence-corrected chi connectivity index (χ2v) is 4.09. The van der Waals surface area contributed by atoms with E-state index < -0.39 is 5.97 Å². The Balaban J connectivity index is 2.36. The van der Waals surface area contributed by atoms with Gasteiger partial charge >= 0.3 is 5.97 Å². The molecule has 3 nitrogen and oxygen atoms in total.